The molecule has 8 nitrogen and oxygen atoms in total. The van der Waals surface area contributed by atoms with Gasteiger partial charge in [0.2, 0.25) is 18.4 Å². The quantitative estimate of drug-likeness (QED) is 0.803. The van der Waals surface area contributed by atoms with Crippen molar-refractivity contribution in [1.29, 1.82) is 0 Å². The van der Waals surface area contributed by atoms with E-state index >= 15 is 0 Å². The molecule has 0 spiro atoms. The van der Waals surface area contributed by atoms with Crippen LogP contribution in [0.5, 0.6) is 17.2 Å². The molecule has 2 aliphatic heterocycles. The fraction of sp³-hybridized carbons (Fsp3) is 0.474. The van der Waals surface area contributed by atoms with Crippen molar-refractivity contribution in [3.8, 4) is 17.2 Å². The van der Waals surface area contributed by atoms with Gasteiger partial charge in [-0.25, -0.2) is 0 Å². The molecule has 0 saturated carbocycles. The molecule has 144 valence electrons. The number of nitrogens with zero attached hydrogens (tertiary/aromatic N) is 2. The zero-order chi connectivity index (χ0) is 18.8. The lowest BCUT2D eigenvalue weighted by atomic mass is 9.93. The van der Waals surface area contributed by atoms with Crippen molar-refractivity contribution < 1.29 is 19.0 Å². The van der Waals surface area contributed by atoms with Gasteiger partial charge in [0.1, 0.15) is 0 Å². The topological polar surface area (TPSA) is 86.6 Å². The average molecular weight is 372 g/mol. The first-order valence-electron chi connectivity index (χ1n) is 9.19. The van der Waals surface area contributed by atoms with Crippen molar-refractivity contribution in [2.24, 2.45) is 0 Å². The second kappa shape index (κ2) is 7.48. The highest BCUT2D eigenvalue weighted by Crippen LogP contribution is 2.41. The maximum atomic E-state index is 11.9. The number of carbonyl (C=O) groups is 1. The number of amides is 1. The largest absolute Gasteiger partial charge is 0.493 e. The molecule has 2 N–H and O–H groups in total. The summed E-state index contributed by atoms with van der Waals surface area (Å²) in [7, 11) is 1.62. The van der Waals surface area contributed by atoms with Gasteiger partial charge in [-0.05, 0) is 31.0 Å². The summed E-state index contributed by atoms with van der Waals surface area (Å²) in [6.45, 7) is 3.68. The molecular formula is C19H24N4O4. The lowest BCUT2D eigenvalue weighted by molar-refractivity contribution is -0.123. The number of methoxy groups -OCH3 is 1. The van der Waals surface area contributed by atoms with Gasteiger partial charge in [0, 0.05) is 37.3 Å². The summed E-state index contributed by atoms with van der Waals surface area (Å²) in [4.78, 5) is 11.9. The fourth-order valence-corrected chi connectivity index (χ4v) is 3.58. The van der Waals surface area contributed by atoms with Crippen LogP contribution >= 0.6 is 0 Å². The molecule has 4 rings (SSSR count). The molecule has 2 atom stereocenters. The molecular weight excluding hydrogens is 348 g/mol. The molecule has 2 aromatic rings. The number of rotatable bonds is 6. The van der Waals surface area contributed by atoms with Crippen LogP contribution in [-0.4, -0.2) is 35.6 Å². The van der Waals surface area contributed by atoms with Crippen LogP contribution in [0.15, 0.2) is 24.5 Å². The van der Waals surface area contributed by atoms with E-state index in [0.717, 1.165) is 24.1 Å². The first-order chi connectivity index (χ1) is 13.2. The first-order valence-corrected chi connectivity index (χ1v) is 9.19. The molecule has 27 heavy (non-hydrogen) atoms. The standard InChI is InChI=1S/C19H24N4O4/c1-3-23-10-13(9-21-23)18-14(4-5-17(24)22-18)20-8-12-6-15(25-2)19-16(7-12)26-11-27-19/h6-7,9-10,14,18,20H,3-5,8,11H2,1-2H3,(H,22,24)/t14-,18+/m1/s1. The van der Waals surface area contributed by atoms with Crippen LogP contribution in [0.4, 0.5) is 0 Å². The van der Waals surface area contributed by atoms with Crippen molar-refractivity contribution in [2.75, 3.05) is 13.9 Å². The minimum absolute atomic E-state index is 0.0760. The molecule has 0 aliphatic carbocycles. The molecule has 8 heteroatoms. The van der Waals surface area contributed by atoms with Gasteiger partial charge in [0.05, 0.1) is 19.3 Å². The molecule has 0 bridgehead atoms. The van der Waals surface area contributed by atoms with E-state index in [1.54, 1.807) is 7.11 Å². The van der Waals surface area contributed by atoms with Gasteiger partial charge >= 0.3 is 0 Å². The molecule has 1 aromatic heterocycles. The Hall–Kier alpha value is -2.74. The molecule has 1 amide bonds. The third kappa shape index (κ3) is 3.57. The molecule has 3 heterocycles. The van der Waals surface area contributed by atoms with E-state index < -0.39 is 0 Å². The van der Waals surface area contributed by atoms with Gasteiger partial charge in [-0.1, -0.05) is 0 Å². The first kappa shape index (κ1) is 17.7. The third-order valence-electron chi connectivity index (χ3n) is 5.02. The predicted octanol–water partition coefficient (Wildman–Crippen LogP) is 1.75. The van der Waals surface area contributed by atoms with E-state index in [4.69, 9.17) is 14.2 Å². The van der Waals surface area contributed by atoms with Crippen LogP contribution < -0.4 is 24.8 Å². The average Bonchev–Trinajstić information content (AvgIpc) is 3.35. The Morgan fingerprint density at radius 1 is 1.41 bits per heavy atom. The number of aryl methyl sites for hydroxylation is 1. The molecule has 1 aromatic carbocycles. The number of ether oxygens (including phenoxy) is 3. The number of benzene rings is 1. The Morgan fingerprint density at radius 2 is 2.30 bits per heavy atom. The zero-order valence-electron chi connectivity index (χ0n) is 15.5. The second-order valence-electron chi connectivity index (χ2n) is 6.73. The number of hydrogen-bond donors (Lipinski definition) is 2. The number of aromatic nitrogens is 2. The normalized spacial score (nSPS) is 21.2. The van der Waals surface area contributed by atoms with Crippen LogP contribution in [0.3, 0.4) is 0 Å². The van der Waals surface area contributed by atoms with E-state index in [0.29, 0.717) is 30.2 Å². The number of hydrogen-bond acceptors (Lipinski definition) is 6. The highest BCUT2D eigenvalue weighted by Gasteiger charge is 2.30. The summed E-state index contributed by atoms with van der Waals surface area (Å²) in [5.41, 5.74) is 2.06. The van der Waals surface area contributed by atoms with E-state index in [9.17, 15) is 4.79 Å². The van der Waals surface area contributed by atoms with Gasteiger partial charge < -0.3 is 24.8 Å². The summed E-state index contributed by atoms with van der Waals surface area (Å²) in [6.07, 6.45) is 5.11. The van der Waals surface area contributed by atoms with Gasteiger partial charge in [0.15, 0.2) is 11.5 Å². The van der Waals surface area contributed by atoms with E-state index in [2.05, 4.69) is 15.7 Å². The van der Waals surface area contributed by atoms with Gasteiger partial charge in [0.25, 0.3) is 0 Å². The van der Waals surface area contributed by atoms with Crippen LogP contribution in [-0.2, 0) is 17.9 Å². The monoisotopic (exact) mass is 372 g/mol. The Kier molecular flexibility index (Phi) is 4.89. The lowest BCUT2D eigenvalue weighted by Gasteiger charge is -2.32. The third-order valence-corrected chi connectivity index (χ3v) is 5.02. The number of carbonyl (C=O) groups excluding carboxylic acids is 1. The fourth-order valence-electron chi connectivity index (χ4n) is 3.58. The second-order valence-corrected chi connectivity index (χ2v) is 6.73. The number of piperidine rings is 1. The van der Waals surface area contributed by atoms with E-state index in [-0.39, 0.29) is 24.8 Å². The summed E-state index contributed by atoms with van der Waals surface area (Å²) in [5, 5.41) is 11.0. The van der Waals surface area contributed by atoms with Crippen molar-refractivity contribution in [2.45, 2.75) is 44.9 Å². The number of fused-ring (bicyclic) bond motifs is 1. The summed E-state index contributed by atoms with van der Waals surface area (Å²) in [5.74, 6) is 2.09. The molecule has 0 radical (unpaired) electrons. The van der Waals surface area contributed by atoms with Crippen molar-refractivity contribution in [1.82, 2.24) is 20.4 Å². The van der Waals surface area contributed by atoms with Gasteiger partial charge in [-0.3, -0.25) is 9.48 Å². The smallest absolute Gasteiger partial charge is 0.231 e. The van der Waals surface area contributed by atoms with Crippen molar-refractivity contribution >= 4 is 5.91 Å². The van der Waals surface area contributed by atoms with Crippen LogP contribution in [0, 0.1) is 0 Å². The summed E-state index contributed by atoms with van der Waals surface area (Å²) >= 11 is 0. The highest BCUT2D eigenvalue weighted by atomic mass is 16.7. The summed E-state index contributed by atoms with van der Waals surface area (Å²) in [6, 6.07) is 3.94. The molecule has 1 saturated heterocycles. The minimum Gasteiger partial charge on any atom is -0.493 e. The van der Waals surface area contributed by atoms with Crippen molar-refractivity contribution in [3.63, 3.8) is 0 Å². The van der Waals surface area contributed by atoms with E-state index in [1.165, 1.54) is 0 Å². The molecule has 1 fully saturated rings. The highest BCUT2D eigenvalue weighted by molar-refractivity contribution is 5.77. The molecule has 0 unspecified atom stereocenters. The van der Waals surface area contributed by atoms with Crippen LogP contribution in [0.2, 0.25) is 0 Å². The maximum absolute atomic E-state index is 11.9. The Morgan fingerprint density at radius 3 is 3.07 bits per heavy atom. The minimum atomic E-state index is -0.0949. The Balaban J connectivity index is 1.49. The SMILES string of the molecule is CCn1cc([C@@H]2NC(=O)CC[C@H]2NCc2cc(OC)c3c(c2)OCO3)cn1. The van der Waals surface area contributed by atoms with Gasteiger partial charge in [-0.2, -0.15) is 5.10 Å². The van der Waals surface area contributed by atoms with Crippen LogP contribution in [0.1, 0.15) is 36.9 Å². The Bertz CT molecular complexity index is 835. The maximum Gasteiger partial charge on any atom is 0.231 e. The predicted molar refractivity (Wildman–Crippen MR) is 97.8 cm³/mol. The van der Waals surface area contributed by atoms with Crippen molar-refractivity contribution in [3.05, 3.63) is 35.7 Å². The van der Waals surface area contributed by atoms with E-state index in [1.807, 2.05) is 36.1 Å². The zero-order valence-corrected chi connectivity index (χ0v) is 15.5. The lowest BCUT2D eigenvalue weighted by Crippen LogP contribution is -2.48. The van der Waals surface area contributed by atoms with Gasteiger partial charge in [-0.15, -0.1) is 0 Å². The van der Waals surface area contributed by atoms with Crippen LogP contribution in [0.25, 0.3) is 0 Å². The summed E-state index contributed by atoms with van der Waals surface area (Å²) < 4.78 is 18.2. The number of nitrogens with one attached hydrogen (secondary N) is 2. The molecule has 2 aliphatic rings. The Labute approximate surface area is 157 Å².